The van der Waals surface area contributed by atoms with Gasteiger partial charge in [0.1, 0.15) is 17.5 Å². The highest BCUT2D eigenvalue weighted by atomic mass is 32.2. The van der Waals surface area contributed by atoms with Crippen LogP contribution in [-0.2, 0) is 21.2 Å². The number of piperazine rings is 1. The summed E-state index contributed by atoms with van der Waals surface area (Å²) >= 11 is 0. The standard InChI is InChI=1S/C36H37F3N4O6S/c1-49-35(44)41-33(34(24-8-5-10-26(37)20-24)25-9-6-11-27(38)21-25)22-40-32-15-7-14-31(39)30(32)17-16-28-23-42(36(45)46)18-19-43(28)50(47,48)29-12-3-2-4-13-29/h2-15,20-21,28,33-34,40H,16-19,22-23H2,1H3,(H,41,44)(H,45,46)/t28?,33-/m1/s1. The molecule has 2 amide bonds. The van der Waals surface area contributed by atoms with Crippen LogP contribution in [0.4, 0.5) is 28.4 Å². The molecule has 1 aliphatic rings. The summed E-state index contributed by atoms with van der Waals surface area (Å²) in [6, 6.07) is 21.9. The van der Waals surface area contributed by atoms with E-state index in [9.17, 15) is 31.9 Å². The molecule has 5 rings (SSSR count). The Balaban J connectivity index is 1.43. The third-order valence-electron chi connectivity index (χ3n) is 8.71. The van der Waals surface area contributed by atoms with Gasteiger partial charge in [0.2, 0.25) is 10.0 Å². The highest BCUT2D eigenvalue weighted by molar-refractivity contribution is 7.89. The van der Waals surface area contributed by atoms with E-state index in [1.807, 2.05) is 0 Å². The number of rotatable bonds is 12. The lowest BCUT2D eigenvalue weighted by Gasteiger charge is -2.39. The van der Waals surface area contributed by atoms with Gasteiger partial charge in [-0.3, -0.25) is 0 Å². The van der Waals surface area contributed by atoms with Gasteiger partial charge in [0.25, 0.3) is 0 Å². The number of benzene rings is 4. The number of nitrogens with zero attached hydrogens (tertiary/aromatic N) is 2. The molecule has 14 heteroatoms. The minimum absolute atomic E-state index is 0.0171. The number of nitrogens with one attached hydrogen (secondary N) is 2. The van der Waals surface area contributed by atoms with E-state index < -0.39 is 57.7 Å². The second kappa shape index (κ2) is 16.1. The Morgan fingerprint density at radius 2 is 1.54 bits per heavy atom. The molecule has 1 aliphatic heterocycles. The maximum absolute atomic E-state index is 15.5. The van der Waals surface area contributed by atoms with Gasteiger partial charge < -0.3 is 25.4 Å². The quantitative estimate of drug-likeness (QED) is 0.163. The molecule has 1 fully saturated rings. The Hall–Kier alpha value is -5.08. The molecule has 0 aromatic heterocycles. The molecule has 4 aromatic carbocycles. The molecule has 3 N–H and O–H groups in total. The summed E-state index contributed by atoms with van der Waals surface area (Å²) in [6.45, 7) is -0.240. The van der Waals surface area contributed by atoms with Crippen LogP contribution in [0.5, 0.6) is 0 Å². The molecule has 0 aliphatic carbocycles. The molecule has 0 saturated carbocycles. The summed E-state index contributed by atoms with van der Waals surface area (Å²) in [5.74, 6) is -2.42. The lowest BCUT2D eigenvalue weighted by Crippen LogP contribution is -2.56. The van der Waals surface area contributed by atoms with Gasteiger partial charge in [-0.2, -0.15) is 4.31 Å². The Morgan fingerprint density at radius 1 is 0.900 bits per heavy atom. The molecule has 0 radical (unpaired) electrons. The van der Waals surface area contributed by atoms with Crippen molar-refractivity contribution in [1.82, 2.24) is 14.5 Å². The predicted molar refractivity (Wildman–Crippen MR) is 181 cm³/mol. The van der Waals surface area contributed by atoms with Gasteiger partial charge in [-0.15, -0.1) is 0 Å². The molecule has 0 bridgehead atoms. The van der Waals surface area contributed by atoms with E-state index in [0.29, 0.717) is 16.8 Å². The highest BCUT2D eigenvalue weighted by Gasteiger charge is 2.37. The van der Waals surface area contributed by atoms with Crippen LogP contribution in [0, 0.1) is 17.5 Å². The van der Waals surface area contributed by atoms with Gasteiger partial charge >= 0.3 is 12.2 Å². The number of sulfonamides is 1. The zero-order chi connectivity index (χ0) is 35.8. The second-order valence-electron chi connectivity index (χ2n) is 11.8. The van der Waals surface area contributed by atoms with Crippen molar-refractivity contribution < 1.29 is 41.0 Å². The van der Waals surface area contributed by atoms with Gasteiger partial charge in [-0.1, -0.05) is 48.5 Å². The molecule has 1 unspecified atom stereocenters. The predicted octanol–water partition coefficient (Wildman–Crippen LogP) is 6.06. The molecule has 50 heavy (non-hydrogen) atoms. The molecule has 10 nitrogen and oxygen atoms in total. The van der Waals surface area contributed by atoms with Crippen molar-refractivity contribution in [3.63, 3.8) is 0 Å². The third-order valence-corrected chi connectivity index (χ3v) is 10.7. The molecule has 4 aromatic rings. The lowest BCUT2D eigenvalue weighted by molar-refractivity contribution is 0.102. The molecule has 0 spiro atoms. The minimum atomic E-state index is -3.99. The van der Waals surface area contributed by atoms with Gasteiger partial charge in [0, 0.05) is 49.4 Å². The van der Waals surface area contributed by atoms with Crippen molar-refractivity contribution >= 4 is 27.9 Å². The number of alkyl carbamates (subject to hydrolysis) is 1. The van der Waals surface area contributed by atoms with Gasteiger partial charge in [0.05, 0.1) is 18.0 Å². The average Bonchev–Trinajstić information content (AvgIpc) is 3.10. The van der Waals surface area contributed by atoms with Gasteiger partial charge in [-0.05, 0) is 72.5 Å². The maximum atomic E-state index is 15.5. The molecule has 1 heterocycles. The van der Waals surface area contributed by atoms with Crippen molar-refractivity contribution in [2.24, 2.45) is 0 Å². The molecule has 264 valence electrons. The monoisotopic (exact) mass is 710 g/mol. The zero-order valence-electron chi connectivity index (χ0n) is 27.1. The van der Waals surface area contributed by atoms with E-state index in [-0.39, 0.29) is 49.5 Å². The number of ether oxygens (including phenoxy) is 1. The highest BCUT2D eigenvalue weighted by Crippen LogP contribution is 2.31. The number of carboxylic acid groups (broad SMARTS) is 1. The van der Waals surface area contributed by atoms with Crippen LogP contribution in [-0.4, -0.2) is 80.3 Å². The number of anilines is 1. The molecule has 1 saturated heterocycles. The summed E-state index contributed by atoms with van der Waals surface area (Å²) in [5, 5.41) is 15.6. The summed E-state index contributed by atoms with van der Waals surface area (Å²) in [5.41, 5.74) is 1.43. The van der Waals surface area contributed by atoms with Crippen molar-refractivity contribution in [3.05, 3.63) is 131 Å². The first-order valence-electron chi connectivity index (χ1n) is 15.9. The Kier molecular flexibility index (Phi) is 11.6. The first-order chi connectivity index (χ1) is 24.0. The van der Waals surface area contributed by atoms with Crippen LogP contribution >= 0.6 is 0 Å². The lowest BCUT2D eigenvalue weighted by atomic mass is 9.84. The van der Waals surface area contributed by atoms with E-state index in [2.05, 4.69) is 10.6 Å². The normalized spacial score (nSPS) is 15.8. The topological polar surface area (TPSA) is 128 Å². The fourth-order valence-corrected chi connectivity index (χ4v) is 7.98. The number of carbonyl (C=O) groups excluding carboxylic acids is 1. The summed E-state index contributed by atoms with van der Waals surface area (Å²) in [4.78, 5) is 25.6. The van der Waals surface area contributed by atoms with Crippen LogP contribution in [0.25, 0.3) is 0 Å². The maximum Gasteiger partial charge on any atom is 0.407 e. The number of hydrogen-bond donors (Lipinski definition) is 3. The van der Waals surface area contributed by atoms with Crippen LogP contribution in [0.2, 0.25) is 0 Å². The van der Waals surface area contributed by atoms with Gasteiger partial charge in [0.15, 0.2) is 0 Å². The SMILES string of the molecule is COC(=O)N[C@H](CNc1cccc(F)c1CCC1CN(C(=O)O)CCN1S(=O)(=O)c1ccccc1)C(c1cccc(F)c1)c1cccc(F)c1. The van der Waals surface area contributed by atoms with Gasteiger partial charge in [-0.25, -0.2) is 31.2 Å². The summed E-state index contributed by atoms with van der Waals surface area (Å²) in [6.07, 6.45) is -1.87. The Labute approximate surface area is 288 Å². The van der Waals surface area contributed by atoms with Crippen molar-refractivity contribution in [3.8, 4) is 0 Å². The summed E-state index contributed by atoms with van der Waals surface area (Å²) < 4.78 is 77.8. The number of methoxy groups -OCH3 is 1. The summed E-state index contributed by atoms with van der Waals surface area (Å²) in [7, 11) is -2.81. The molecular formula is C36H37F3N4O6S. The van der Waals surface area contributed by atoms with E-state index in [0.717, 1.165) is 4.90 Å². The third kappa shape index (κ3) is 8.55. The fourth-order valence-electron chi connectivity index (χ4n) is 6.32. The zero-order valence-corrected chi connectivity index (χ0v) is 28.0. The van der Waals surface area contributed by atoms with Crippen LogP contribution in [0.1, 0.15) is 29.0 Å². The second-order valence-corrected chi connectivity index (χ2v) is 13.7. The van der Waals surface area contributed by atoms with E-state index >= 15 is 4.39 Å². The van der Waals surface area contributed by atoms with Crippen molar-refractivity contribution in [1.29, 1.82) is 0 Å². The van der Waals surface area contributed by atoms with E-state index in [1.165, 1.54) is 72.1 Å². The Morgan fingerprint density at radius 3 is 2.14 bits per heavy atom. The smallest absolute Gasteiger partial charge is 0.407 e. The molecule has 2 atom stereocenters. The van der Waals surface area contributed by atoms with E-state index in [4.69, 9.17) is 4.74 Å². The molecular weight excluding hydrogens is 673 g/mol. The Bertz CT molecular complexity index is 1870. The fraction of sp³-hybridized carbons (Fsp3) is 0.278. The first kappa shape index (κ1) is 36.2. The number of carbonyl (C=O) groups is 2. The van der Waals surface area contributed by atoms with Crippen LogP contribution in [0.3, 0.4) is 0 Å². The van der Waals surface area contributed by atoms with Crippen LogP contribution in [0.15, 0.2) is 102 Å². The number of hydrogen-bond acceptors (Lipinski definition) is 6. The minimum Gasteiger partial charge on any atom is -0.465 e. The van der Waals surface area contributed by atoms with Crippen LogP contribution < -0.4 is 10.6 Å². The van der Waals surface area contributed by atoms with Crippen molar-refractivity contribution in [2.45, 2.75) is 35.7 Å². The average molecular weight is 711 g/mol. The number of halogens is 3. The first-order valence-corrected chi connectivity index (χ1v) is 17.3. The van der Waals surface area contributed by atoms with E-state index in [1.54, 1.807) is 36.4 Å². The number of amides is 2. The largest absolute Gasteiger partial charge is 0.465 e. The van der Waals surface area contributed by atoms with Crippen molar-refractivity contribution in [2.75, 3.05) is 38.6 Å².